The van der Waals surface area contributed by atoms with Crippen molar-refractivity contribution >= 4 is 27.7 Å². The Hall–Kier alpha value is -2.47. The highest BCUT2D eigenvalue weighted by Gasteiger charge is 2.15. The summed E-state index contributed by atoms with van der Waals surface area (Å²) in [5.41, 5.74) is 3.13. The summed E-state index contributed by atoms with van der Waals surface area (Å²) in [4.78, 5) is 13.6. The van der Waals surface area contributed by atoms with Crippen molar-refractivity contribution in [1.82, 2.24) is 15.0 Å². The van der Waals surface area contributed by atoms with Gasteiger partial charge in [0.15, 0.2) is 0 Å². The Morgan fingerprint density at radius 2 is 1.79 bits per heavy atom. The first-order chi connectivity index (χ1) is 13.8. The van der Waals surface area contributed by atoms with E-state index in [1.165, 1.54) is 37.7 Å². The van der Waals surface area contributed by atoms with E-state index in [0.717, 1.165) is 21.5 Å². The van der Waals surface area contributed by atoms with Crippen molar-refractivity contribution in [3.05, 3.63) is 64.9 Å². The van der Waals surface area contributed by atoms with Crippen LogP contribution in [0.15, 0.2) is 59.3 Å². The summed E-state index contributed by atoms with van der Waals surface area (Å²) in [6.07, 6.45) is 9.83. The molecular formula is C22H24BrN5. The monoisotopic (exact) mass is 437 g/mol. The fourth-order valence-corrected chi connectivity index (χ4v) is 3.99. The second-order valence-corrected chi connectivity index (χ2v) is 8.08. The Morgan fingerprint density at radius 3 is 2.57 bits per heavy atom. The minimum Gasteiger partial charge on any atom is -0.366 e. The molecule has 1 aliphatic carbocycles. The normalized spacial score (nSPS) is 14.6. The van der Waals surface area contributed by atoms with Gasteiger partial charge >= 0.3 is 0 Å². The summed E-state index contributed by atoms with van der Waals surface area (Å²) >= 11 is 3.53. The van der Waals surface area contributed by atoms with Gasteiger partial charge in [0.25, 0.3) is 0 Å². The molecule has 0 atom stereocenters. The fourth-order valence-electron chi connectivity index (χ4n) is 3.54. The number of aromatic nitrogens is 3. The Bertz CT molecular complexity index is 910. The smallest absolute Gasteiger partial charge is 0.225 e. The molecule has 1 aliphatic rings. The van der Waals surface area contributed by atoms with Crippen LogP contribution in [0.1, 0.15) is 37.7 Å². The highest BCUT2D eigenvalue weighted by Crippen LogP contribution is 2.24. The first kappa shape index (κ1) is 18.9. The maximum absolute atomic E-state index is 4.77. The first-order valence-corrected chi connectivity index (χ1v) is 10.6. The van der Waals surface area contributed by atoms with Crippen LogP contribution in [0.2, 0.25) is 0 Å². The van der Waals surface area contributed by atoms with E-state index in [-0.39, 0.29) is 0 Å². The third-order valence-electron chi connectivity index (χ3n) is 5.00. The largest absolute Gasteiger partial charge is 0.366 e. The Morgan fingerprint density at radius 1 is 0.964 bits per heavy atom. The second kappa shape index (κ2) is 9.15. The van der Waals surface area contributed by atoms with Gasteiger partial charge in [0.1, 0.15) is 5.82 Å². The van der Waals surface area contributed by atoms with E-state index in [2.05, 4.69) is 43.7 Å². The number of rotatable bonds is 6. The molecule has 2 heterocycles. The summed E-state index contributed by atoms with van der Waals surface area (Å²) in [5, 5.41) is 7.00. The van der Waals surface area contributed by atoms with Crippen molar-refractivity contribution in [2.75, 3.05) is 10.6 Å². The van der Waals surface area contributed by atoms with Gasteiger partial charge in [-0.15, -0.1) is 0 Å². The minimum atomic E-state index is 0.458. The van der Waals surface area contributed by atoms with E-state index >= 15 is 0 Å². The SMILES string of the molecule is Brc1cccc(CNc2cc(-c3ccncc3)nc(NC3CCCCC3)n2)c1. The van der Waals surface area contributed by atoms with E-state index in [0.29, 0.717) is 18.5 Å². The molecule has 6 heteroatoms. The van der Waals surface area contributed by atoms with Crippen LogP contribution in [0.25, 0.3) is 11.3 Å². The molecule has 2 aromatic heterocycles. The van der Waals surface area contributed by atoms with Crippen molar-refractivity contribution in [2.45, 2.75) is 44.7 Å². The van der Waals surface area contributed by atoms with Crippen molar-refractivity contribution in [2.24, 2.45) is 0 Å². The highest BCUT2D eigenvalue weighted by atomic mass is 79.9. The van der Waals surface area contributed by atoms with Crippen LogP contribution in [0, 0.1) is 0 Å². The van der Waals surface area contributed by atoms with Gasteiger partial charge < -0.3 is 10.6 Å². The number of hydrogen-bond donors (Lipinski definition) is 2. The number of nitrogens with zero attached hydrogens (tertiary/aromatic N) is 3. The zero-order valence-electron chi connectivity index (χ0n) is 15.7. The third kappa shape index (κ3) is 5.07. The molecule has 1 saturated carbocycles. The minimum absolute atomic E-state index is 0.458. The molecule has 1 fully saturated rings. The molecule has 0 radical (unpaired) electrons. The van der Waals surface area contributed by atoms with Crippen LogP contribution in [-0.2, 0) is 6.54 Å². The number of pyridine rings is 1. The molecule has 0 amide bonds. The van der Waals surface area contributed by atoms with Crippen LogP contribution >= 0.6 is 15.9 Å². The lowest BCUT2D eigenvalue weighted by Gasteiger charge is -2.23. The summed E-state index contributed by atoms with van der Waals surface area (Å²) < 4.78 is 1.08. The molecule has 3 aromatic rings. The van der Waals surface area contributed by atoms with Crippen LogP contribution < -0.4 is 10.6 Å². The van der Waals surface area contributed by atoms with Crippen molar-refractivity contribution in [3.63, 3.8) is 0 Å². The third-order valence-corrected chi connectivity index (χ3v) is 5.50. The second-order valence-electron chi connectivity index (χ2n) is 7.16. The van der Waals surface area contributed by atoms with Crippen LogP contribution in [0.4, 0.5) is 11.8 Å². The topological polar surface area (TPSA) is 62.7 Å². The van der Waals surface area contributed by atoms with Crippen LogP contribution in [0.5, 0.6) is 0 Å². The summed E-state index contributed by atoms with van der Waals surface area (Å²) in [5.74, 6) is 1.51. The molecule has 144 valence electrons. The van der Waals surface area contributed by atoms with Crippen molar-refractivity contribution < 1.29 is 0 Å². The molecule has 2 N–H and O–H groups in total. The molecular weight excluding hydrogens is 414 g/mol. The average molecular weight is 438 g/mol. The van der Waals surface area contributed by atoms with Gasteiger partial charge in [0.05, 0.1) is 5.69 Å². The summed E-state index contributed by atoms with van der Waals surface area (Å²) in [7, 11) is 0. The van der Waals surface area contributed by atoms with E-state index in [1.807, 2.05) is 30.3 Å². The molecule has 4 rings (SSSR count). The molecule has 0 unspecified atom stereocenters. The molecule has 0 spiro atoms. The zero-order chi connectivity index (χ0) is 19.2. The standard InChI is InChI=1S/C22H24BrN5/c23-18-6-4-5-16(13-18)15-25-21-14-20(17-9-11-24-12-10-17)27-22(28-21)26-19-7-2-1-3-8-19/h4-6,9-14,19H,1-3,7-8,15H2,(H2,25,26,27,28). The van der Waals surface area contributed by atoms with Gasteiger partial charge in [-0.25, -0.2) is 4.98 Å². The van der Waals surface area contributed by atoms with Crippen molar-refractivity contribution in [1.29, 1.82) is 0 Å². The van der Waals surface area contributed by atoms with E-state index < -0.39 is 0 Å². The van der Waals surface area contributed by atoms with E-state index in [4.69, 9.17) is 9.97 Å². The quantitative estimate of drug-likeness (QED) is 0.520. The molecule has 1 aromatic carbocycles. The van der Waals surface area contributed by atoms with Gasteiger partial charge in [-0.2, -0.15) is 4.98 Å². The summed E-state index contributed by atoms with van der Waals surface area (Å²) in [6.45, 7) is 0.703. The maximum Gasteiger partial charge on any atom is 0.225 e. The zero-order valence-corrected chi connectivity index (χ0v) is 17.3. The highest BCUT2D eigenvalue weighted by molar-refractivity contribution is 9.10. The predicted molar refractivity (Wildman–Crippen MR) is 117 cm³/mol. The van der Waals surface area contributed by atoms with Gasteiger partial charge in [0, 0.05) is 41.1 Å². The van der Waals surface area contributed by atoms with E-state index in [1.54, 1.807) is 12.4 Å². The lowest BCUT2D eigenvalue weighted by Crippen LogP contribution is -2.23. The van der Waals surface area contributed by atoms with Gasteiger partial charge in [-0.3, -0.25) is 4.98 Å². The molecule has 0 bridgehead atoms. The number of anilines is 2. The number of benzene rings is 1. The average Bonchev–Trinajstić information content (AvgIpc) is 2.74. The fraction of sp³-hybridized carbons (Fsp3) is 0.318. The lowest BCUT2D eigenvalue weighted by molar-refractivity contribution is 0.461. The van der Waals surface area contributed by atoms with Gasteiger partial charge in [-0.05, 0) is 42.7 Å². The molecule has 0 aliphatic heterocycles. The maximum atomic E-state index is 4.77. The first-order valence-electron chi connectivity index (χ1n) is 9.80. The molecule has 5 nitrogen and oxygen atoms in total. The Kier molecular flexibility index (Phi) is 6.17. The Labute approximate surface area is 174 Å². The van der Waals surface area contributed by atoms with Crippen LogP contribution in [-0.4, -0.2) is 21.0 Å². The predicted octanol–water partition coefficient (Wildman–Crippen LogP) is 5.66. The van der Waals surface area contributed by atoms with E-state index in [9.17, 15) is 0 Å². The Balaban J connectivity index is 1.57. The van der Waals surface area contributed by atoms with Crippen molar-refractivity contribution in [3.8, 4) is 11.3 Å². The number of hydrogen-bond acceptors (Lipinski definition) is 5. The summed E-state index contributed by atoms with van der Waals surface area (Å²) in [6, 6.07) is 14.7. The molecule has 28 heavy (non-hydrogen) atoms. The molecule has 0 saturated heterocycles. The van der Waals surface area contributed by atoms with Crippen LogP contribution in [0.3, 0.4) is 0 Å². The number of nitrogens with one attached hydrogen (secondary N) is 2. The van der Waals surface area contributed by atoms with Gasteiger partial charge in [0.2, 0.25) is 5.95 Å². The lowest BCUT2D eigenvalue weighted by atomic mass is 9.96. The van der Waals surface area contributed by atoms with Gasteiger partial charge in [-0.1, -0.05) is 47.3 Å². The number of halogens is 1.